The molecule has 24 heavy (non-hydrogen) atoms. The van der Waals surface area contributed by atoms with Gasteiger partial charge in [0.05, 0.1) is 16.6 Å². The molecule has 4 rings (SSSR count). The highest BCUT2D eigenvalue weighted by atomic mass is 19.4. The third-order valence-corrected chi connectivity index (χ3v) is 3.62. The molecule has 3 aromatic rings. The lowest BCUT2D eigenvalue weighted by Crippen LogP contribution is -2.15. The van der Waals surface area contributed by atoms with Crippen LogP contribution in [0.2, 0.25) is 0 Å². The van der Waals surface area contributed by atoms with Gasteiger partial charge in [0.15, 0.2) is 11.5 Å². The molecular formula is C16H12F3N3O2. The molecule has 8 heteroatoms. The topological polar surface area (TPSA) is 59.2 Å². The number of benzene rings is 2. The van der Waals surface area contributed by atoms with Gasteiger partial charge < -0.3 is 19.8 Å². The zero-order valence-electron chi connectivity index (χ0n) is 12.3. The zero-order chi connectivity index (χ0) is 16.7. The molecule has 0 aliphatic carbocycles. The van der Waals surface area contributed by atoms with Crippen LogP contribution in [0.4, 0.5) is 24.8 Å². The molecule has 0 saturated heterocycles. The first kappa shape index (κ1) is 14.7. The second-order valence-corrected chi connectivity index (χ2v) is 5.30. The molecule has 0 saturated carbocycles. The van der Waals surface area contributed by atoms with Crippen LogP contribution in [-0.4, -0.2) is 23.2 Å². The monoisotopic (exact) mass is 335 g/mol. The maximum atomic E-state index is 12.6. The van der Waals surface area contributed by atoms with E-state index >= 15 is 0 Å². The number of H-pyrrole nitrogens is 1. The van der Waals surface area contributed by atoms with E-state index in [9.17, 15) is 13.2 Å². The van der Waals surface area contributed by atoms with Crippen LogP contribution in [-0.2, 0) is 6.18 Å². The fourth-order valence-electron chi connectivity index (χ4n) is 2.49. The molecule has 0 amide bonds. The Labute approximate surface area is 134 Å². The van der Waals surface area contributed by atoms with Crippen molar-refractivity contribution in [2.75, 3.05) is 18.5 Å². The Kier molecular flexibility index (Phi) is 3.26. The number of halogens is 3. The summed E-state index contributed by atoms with van der Waals surface area (Å²) >= 11 is 0. The lowest BCUT2D eigenvalue weighted by molar-refractivity contribution is -0.137. The maximum absolute atomic E-state index is 12.6. The number of ether oxygens (including phenoxy) is 2. The molecule has 1 aliphatic heterocycles. The molecule has 0 radical (unpaired) electrons. The van der Waals surface area contributed by atoms with Crippen LogP contribution in [0.3, 0.4) is 0 Å². The molecule has 5 nitrogen and oxygen atoms in total. The van der Waals surface area contributed by atoms with Crippen molar-refractivity contribution in [3.05, 3.63) is 42.0 Å². The Hall–Kier alpha value is -2.90. The first-order valence-electron chi connectivity index (χ1n) is 7.23. The molecule has 1 aliphatic rings. The number of fused-ring (bicyclic) bond motifs is 2. The predicted octanol–water partition coefficient (Wildman–Crippen LogP) is 4.10. The highest BCUT2D eigenvalue weighted by molar-refractivity contribution is 5.82. The van der Waals surface area contributed by atoms with E-state index in [4.69, 9.17) is 9.47 Å². The molecule has 0 spiro atoms. The van der Waals surface area contributed by atoms with Crippen LogP contribution in [0.5, 0.6) is 11.5 Å². The molecule has 2 N–H and O–H groups in total. The first-order chi connectivity index (χ1) is 11.5. The van der Waals surface area contributed by atoms with Crippen LogP contribution < -0.4 is 14.8 Å². The van der Waals surface area contributed by atoms with Gasteiger partial charge in [0, 0.05) is 17.8 Å². The van der Waals surface area contributed by atoms with Crippen molar-refractivity contribution < 1.29 is 22.6 Å². The summed E-state index contributed by atoms with van der Waals surface area (Å²) in [5.74, 6) is 1.69. The van der Waals surface area contributed by atoms with Crippen LogP contribution in [0.25, 0.3) is 11.0 Å². The molecule has 0 bridgehead atoms. The van der Waals surface area contributed by atoms with Crippen molar-refractivity contribution >= 4 is 22.7 Å². The van der Waals surface area contributed by atoms with E-state index in [2.05, 4.69) is 15.3 Å². The van der Waals surface area contributed by atoms with E-state index < -0.39 is 11.7 Å². The number of nitrogens with zero attached hydrogens (tertiary/aromatic N) is 1. The summed E-state index contributed by atoms with van der Waals surface area (Å²) in [7, 11) is 0. The van der Waals surface area contributed by atoms with Gasteiger partial charge in [-0.05, 0) is 24.3 Å². The van der Waals surface area contributed by atoms with Gasteiger partial charge in [-0.1, -0.05) is 0 Å². The molecule has 0 fully saturated rings. The number of hydrogen-bond acceptors (Lipinski definition) is 4. The highest BCUT2D eigenvalue weighted by Crippen LogP contribution is 2.34. The van der Waals surface area contributed by atoms with Crippen molar-refractivity contribution in [2.24, 2.45) is 0 Å². The number of aromatic amines is 1. The lowest BCUT2D eigenvalue weighted by Gasteiger charge is -2.17. The number of hydrogen-bond donors (Lipinski definition) is 2. The molecule has 0 unspecified atom stereocenters. The number of nitrogens with one attached hydrogen (secondary N) is 2. The van der Waals surface area contributed by atoms with Crippen LogP contribution in [0.1, 0.15) is 5.56 Å². The minimum absolute atomic E-state index is 0.423. The first-order valence-corrected chi connectivity index (χ1v) is 7.23. The third-order valence-electron chi connectivity index (χ3n) is 3.62. The largest absolute Gasteiger partial charge is 0.486 e. The van der Waals surface area contributed by atoms with Crippen molar-refractivity contribution in [2.45, 2.75) is 6.18 Å². The number of anilines is 2. The number of aromatic nitrogens is 2. The standard InChI is InChI=1S/C16H12F3N3O2/c17-16(18,19)9-1-3-10(4-2-9)20-15-21-11-7-13-14(8-12(11)22-15)24-6-5-23-13/h1-4,7-8H,5-6H2,(H2,20,21,22). The smallest absolute Gasteiger partial charge is 0.416 e. The Balaban J connectivity index is 1.60. The minimum atomic E-state index is -4.35. The second kappa shape index (κ2) is 5.33. The molecule has 0 atom stereocenters. The predicted molar refractivity (Wildman–Crippen MR) is 81.8 cm³/mol. The molecule has 2 aromatic carbocycles. The van der Waals surface area contributed by atoms with Gasteiger partial charge in [0.2, 0.25) is 5.95 Å². The number of rotatable bonds is 2. The van der Waals surface area contributed by atoms with Crippen molar-refractivity contribution in [1.29, 1.82) is 0 Å². The van der Waals surface area contributed by atoms with E-state index in [1.54, 1.807) is 12.1 Å². The van der Waals surface area contributed by atoms with Crippen molar-refractivity contribution in [3.8, 4) is 11.5 Å². The van der Waals surface area contributed by atoms with Gasteiger partial charge in [-0.15, -0.1) is 0 Å². The fourth-order valence-corrected chi connectivity index (χ4v) is 2.49. The minimum Gasteiger partial charge on any atom is -0.486 e. The summed E-state index contributed by atoms with van der Waals surface area (Å²) in [6.45, 7) is 0.975. The Morgan fingerprint density at radius 3 is 2.33 bits per heavy atom. The van der Waals surface area contributed by atoms with Gasteiger partial charge in [-0.3, -0.25) is 0 Å². The summed E-state index contributed by atoms with van der Waals surface area (Å²) in [6.07, 6.45) is -4.35. The average Bonchev–Trinajstić information content (AvgIpc) is 2.93. The molecule has 1 aromatic heterocycles. The fraction of sp³-hybridized carbons (Fsp3) is 0.188. The van der Waals surface area contributed by atoms with Gasteiger partial charge in [0.25, 0.3) is 0 Å². The normalized spacial score (nSPS) is 14.0. The lowest BCUT2D eigenvalue weighted by atomic mass is 10.2. The van der Waals surface area contributed by atoms with E-state index in [0.29, 0.717) is 41.9 Å². The van der Waals surface area contributed by atoms with E-state index in [1.807, 2.05) is 0 Å². The zero-order valence-corrected chi connectivity index (χ0v) is 12.3. The summed E-state index contributed by atoms with van der Waals surface area (Å²) in [6, 6.07) is 8.30. The van der Waals surface area contributed by atoms with Gasteiger partial charge in [0.1, 0.15) is 13.2 Å². The summed E-state index contributed by atoms with van der Waals surface area (Å²) in [5.41, 5.74) is 1.22. The molecular weight excluding hydrogens is 323 g/mol. The van der Waals surface area contributed by atoms with Gasteiger partial charge in [-0.2, -0.15) is 13.2 Å². The number of alkyl halides is 3. The van der Waals surface area contributed by atoms with Gasteiger partial charge >= 0.3 is 6.18 Å². The highest BCUT2D eigenvalue weighted by Gasteiger charge is 2.29. The third kappa shape index (κ3) is 2.70. The van der Waals surface area contributed by atoms with Crippen LogP contribution >= 0.6 is 0 Å². The summed E-state index contributed by atoms with van der Waals surface area (Å²) in [4.78, 5) is 7.42. The molecule has 2 heterocycles. The SMILES string of the molecule is FC(F)(F)c1ccc(Nc2nc3cc4c(cc3[nH]2)OCCO4)cc1. The second-order valence-electron chi connectivity index (χ2n) is 5.30. The Morgan fingerprint density at radius 1 is 1.00 bits per heavy atom. The van der Waals surface area contributed by atoms with Crippen LogP contribution in [0.15, 0.2) is 36.4 Å². The van der Waals surface area contributed by atoms with Gasteiger partial charge in [-0.25, -0.2) is 4.98 Å². The van der Waals surface area contributed by atoms with E-state index in [0.717, 1.165) is 17.6 Å². The summed E-state index contributed by atoms with van der Waals surface area (Å²) in [5, 5.41) is 2.95. The van der Waals surface area contributed by atoms with Crippen molar-refractivity contribution in [3.63, 3.8) is 0 Å². The van der Waals surface area contributed by atoms with E-state index in [1.165, 1.54) is 12.1 Å². The quantitative estimate of drug-likeness (QED) is 0.740. The maximum Gasteiger partial charge on any atom is 0.416 e. The summed E-state index contributed by atoms with van der Waals surface area (Å²) < 4.78 is 48.7. The molecule has 124 valence electrons. The Morgan fingerprint density at radius 2 is 1.67 bits per heavy atom. The number of imidazole rings is 1. The van der Waals surface area contributed by atoms with E-state index in [-0.39, 0.29) is 0 Å². The Bertz CT molecular complexity index is 845. The van der Waals surface area contributed by atoms with Crippen molar-refractivity contribution in [1.82, 2.24) is 9.97 Å². The average molecular weight is 335 g/mol. The van der Waals surface area contributed by atoms with Crippen LogP contribution in [0, 0.1) is 0 Å².